The molecule has 0 aliphatic heterocycles. The maximum Gasteiger partial charge on any atom is 0.143 e. The zero-order chi connectivity index (χ0) is 37.6. The summed E-state index contributed by atoms with van der Waals surface area (Å²) in [5, 5.41) is 16.9. The predicted octanol–water partition coefficient (Wildman–Crippen LogP) is 16.2. The number of rotatable bonds is 2. The van der Waals surface area contributed by atoms with Crippen molar-refractivity contribution in [3.8, 4) is 44.5 Å². The molecule has 14 rings (SSSR count). The van der Waals surface area contributed by atoms with E-state index < -0.39 is 0 Å². The Kier molecular flexibility index (Phi) is 5.79. The fourth-order valence-corrected chi connectivity index (χ4v) is 10.4. The van der Waals surface area contributed by atoms with Gasteiger partial charge >= 0.3 is 0 Å². The van der Waals surface area contributed by atoms with Crippen LogP contribution >= 0.6 is 0 Å². The van der Waals surface area contributed by atoms with Crippen molar-refractivity contribution in [2.24, 2.45) is 0 Å². The summed E-state index contributed by atoms with van der Waals surface area (Å²) in [5.41, 5.74) is 13.6. The van der Waals surface area contributed by atoms with Crippen LogP contribution in [0.2, 0.25) is 0 Å². The molecule has 0 radical (unpaired) electrons. The topological polar surface area (TPSA) is 26.3 Å². The Labute approximate surface area is 331 Å². The second kappa shape index (κ2) is 11.0. The van der Waals surface area contributed by atoms with E-state index in [1.807, 2.05) is 0 Å². The average Bonchev–Trinajstić information content (AvgIpc) is 3.96. The molecule has 0 atom stereocenters. The van der Waals surface area contributed by atoms with E-state index in [1.165, 1.54) is 87.1 Å². The van der Waals surface area contributed by atoms with Gasteiger partial charge in [-0.1, -0.05) is 140 Å². The molecule has 0 saturated carbocycles. The number of hydrogen-bond donors (Lipinski definition) is 0. The van der Waals surface area contributed by atoms with Gasteiger partial charge in [-0.25, -0.2) is 0 Å². The Morgan fingerprint density at radius 2 is 0.810 bits per heavy atom. The van der Waals surface area contributed by atoms with E-state index in [-0.39, 0.29) is 0 Å². The summed E-state index contributed by atoms with van der Waals surface area (Å²) in [5.74, 6) is 0. The zero-order valence-electron chi connectivity index (χ0n) is 31.1. The third-order valence-corrected chi connectivity index (χ3v) is 13.0. The van der Waals surface area contributed by atoms with Crippen LogP contribution in [0.25, 0.3) is 142 Å². The number of fused-ring (bicyclic) bond motifs is 18. The molecule has 1 aliphatic rings. The minimum atomic E-state index is 0.892. The van der Waals surface area contributed by atoms with Crippen molar-refractivity contribution in [3.63, 3.8) is 0 Å². The van der Waals surface area contributed by atoms with Gasteiger partial charge in [-0.3, -0.25) is 0 Å². The van der Waals surface area contributed by atoms with Crippen molar-refractivity contribution < 1.29 is 8.83 Å². The Morgan fingerprint density at radius 1 is 0.241 bits per heavy atom. The zero-order valence-corrected chi connectivity index (χ0v) is 31.1. The molecule has 266 valence electrons. The Bertz CT molecular complexity index is 3920. The van der Waals surface area contributed by atoms with Crippen LogP contribution in [0.3, 0.4) is 0 Å². The summed E-state index contributed by atoms with van der Waals surface area (Å²) in [4.78, 5) is 0. The molecule has 0 fully saturated rings. The highest BCUT2D eigenvalue weighted by molar-refractivity contribution is 6.34. The van der Waals surface area contributed by atoms with Gasteiger partial charge < -0.3 is 8.83 Å². The fraction of sp³-hybridized carbons (Fsp3) is 0. The average molecular weight is 735 g/mol. The summed E-state index contributed by atoms with van der Waals surface area (Å²) in [6.07, 6.45) is 0. The molecule has 0 unspecified atom stereocenters. The third kappa shape index (κ3) is 3.96. The quantitative estimate of drug-likeness (QED) is 0.165. The highest BCUT2D eigenvalue weighted by atomic mass is 16.3. The molecule has 0 bridgehead atoms. The summed E-state index contributed by atoms with van der Waals surface area (Å²) in [6.45, 7) is 0. The van der Waals surface area contributed by atoms with E-state index in [2.05, 4.69) is 182 Å². The van der Waals surface area contributed by atoms with Crippen LogP contribution in [-0.2, 0) is 0 Å². The normalized spacial score (nSPS) is 12.5. The molecule has 13 aromatic rings. The van der Waals surface area contributed by atoms with Crippen molar-refractivity contribution >= 4 is 97.7 Å². The van der Waals surface area contributed by atoms with Gasteiger partial charge in [0.05, 0.1) is 0 Å². The Hall–Kier alpha value is -7.68. The summed E-state index contributed by atoms with van der Waals surface area (Å²) < 4.78 is 13.5. The first-order chi connectivity index (χ1) is 28.7. The monoisotopic (exact) mass is 734 g/mol. The van der Waals surface area contributed by atoms with Crippen LogP contribution in [0.5, 0.6) is 0 Å². The number of hydrogen-bond acceptors (Lipinski definition) is 2. The Morgan fingerprint density at radius 3 is 1.66 bits per heavy atom. The van der Waals surface area contributed by atoms with E-state index >= 15 is 0 Å². The second-order valence-electron chi connectivity index (χ2n) is 15.9. The smallest absolute Gasteiger partial charge is 0.143 e. The lowest BCUT2D eigenvalue weighted by molar-refractivity contribution is 0.669. The number of benzene rings is 11. The molecule has 2 nitrogen and oxygen atoms in total. The standard InChI is InChI=1S/C56H30O2/c1-2-9-36-31(8-1)19-27-50-54(36)48-26-25-47-40-20-16-32(28-49(40)39-12-5-6-13-45(39)55(47)56(48)58-50)33-17-21-41-42-22-18-34(30-52(42)57-51(41)29-33)35-23-24-46-38-11-4-3-10-37(38)44-15-7-14-43(35)53(44)46/h1-30H. The van der Waals surface area contributed by atoms with Gasteiger partial charge in [0.25, 0.3) is 0 Å². The second-order valence-corrected chi connectivity index (χ2v) is 15.9. The van der Waals surface area contributed by atoms with Crippen molar-refractivity contribution in [1.82, 2.24) is 0 Å². The Balaban J connectivity index is 0.910. The fourth-order valence-electron chi connectivity index (χ4n) is 10.4. The molecule has 0 N–H and O–H groups in total. The van der Waals surface area contributed by atoms with Crippen LogP contribution < -0.4 is 0 Å². The van der Waals surface area contributed by atoms with Gasteiger partial charge in [0.1, 0.15) is 22.3 Å². The number of furan rings is 2. The molecule has 0 saturated heterocycles. The van der Waals surface area contributed by atoms with Crippen molar-refractivity contribution in [2.75, 3.05) is 0 Å². The van der Waals surface area contributed by atoms with Gasteiger partial charge in [-0.15, -0.1) is 0 Å². The SMILES string of the molecule is c1ccc2c(c1)-c1cccc3c(-c4ccc5c(c4)oc4cc(-c6ccc7c(c6)c6ccccc6c6c7ccc7c6oc6ccc8ccccc8c67)ccc45)ccc-2c13. The summed E-state index contributed by atoms with van der Waals surface area (Å²) in [6, 6.07) is 66.4. The molecule has 0 amide bonds. The largest absolute Gasteiger partial charge is 0.456 e. The van der Waals surface area contributed by atoms with Crippen LogP contribution in [0.15, 0.2) is 191 Å². The molecule has 2 heteroatoms. The summed E-state index contributed by atoms with van der Waals surface area (Å²) >= 11 is 0. The van der Waals surface area contributed by atoms with Gasteiger partial charge in [0, 0.05) is 26.9 Å². The van der Waals surface area contributed by atoms with Crippen molar-refractivity contribution in [2.45, 2.75) is 0 Å². The van der Waals surface area contributed by atoms with Gasteiger partial charge in [-0.05, 0) is 135 Å². The predicted molar refractivity (Wildman–Crippen MR) is 244 cm³/mol. The highest BCUT2D eigenvalue weighted by Gasteiger charge is 2.23. The van der Waals surface area contributed by atoms with Crippen LogP contribution in [0.1, 0.15) is 0 Å². The van der Waals surface area contributed by atoms with Gasteiger partial charge in [-0.2, -0.15) is 0 Å². The lowest BCUT2D eigenvalue weighted by Crippen LogP contribution is -1.86. The molecular weight excluding hydrogens is 705 g/mol. The minimum Gasteiger partial charge on any atom is -0.456 e. The molecule has 0 spiro atoms. The van der Waals surface area contributed by atoms with E-state index in [0.717, 1.165) is 55.2 Å². The molecule has 2 aromatic heterocycles. The lowest BCUT2D eigenvalue weighted by atomic mass is 9.91. The van der Waals surface area contributed by atoms with E-state index in [1.54, 1.807) is 0 Å². The highest BCUT2D eigenvalue weighted by Crippen LogP contribution is 2.50. The molecule has 1 aliphatic carbocycles. The molecular formula is C56H30O2. The van der Waals surface area contributed by atoms with E-state index in [0.29, 0.717) is 0 Å². The van der Waals surface area contributed by atoms with Crippen molar-refractivity contribution in [3.05, 3.63) is 182 Å². The summed E-state index contributed by atoms with van der Waals surface area (Å²) in [7, 11) is 0. The molecule has 58 heavy (non-hydrogen) atoms. The first kappa shape index (κ1) is 30.5. The van der Waals surface area contributed by atoms with E-state index in [4.69, 9.17) is 8.83 Å². The van der Waals surface area contributed by atoms with Crippen LogP contribution in [-0.4, -0.2) is 0 Å². The third-order valence-electron chi connectivity index (χ3n) is 13.0. The van der Waals surface area contributed by atoms with E-state index in [9.17, 15) is 0 Å². The molecule has 11 aromatic carbocycles. The maximum absolute atomic E-state index is 6.75. The lowest BCUT2D eigenvalue weighted by Gasteiger charge is -2.12. The van der Waals surface area contributed by atoms with Gasteiger partial charge in [0.2, 0.25) is 0 Å². The first-order valence-electron chi connectivity index (χ1n) is 20.0. The van der Waals surface area contributed by atoms with Crippen LogP contribution in [0.4, 0.5) is 0 Å². The van der Waals surface area contributed by atoms with Crippen molar-refractivity contribution in [1.29, 1.82) is 0 Å². The van der Waals surface area contributed by atoms with Crippen LogP contribution in [0, 0.1) is 0 Å². The minimum absolute atomic E-state index is 0.892. The first-order valence-corrected chi connectivity index (χ1v) is 20.0. The van der Waals surface area contributed by atoms with Gasteiger partial charge in [0.15, 0.2) is 0 Å². The molecule has 2 heterocycles. The maximum atomic E-state index is 6.75.